The van der Waals surface area contributed by atoms with E-state index in [2.05, 4.69) is 34.3 Å². The minimum Gasteiger partial charge on any atom is -0.378 e. The zero-order valence-electron chi connectivity index (χ0n) is 16.9. The number of aromatic nitrogens is 3. The highest BCUT2D eigenvalue weighted by Gasteiger charge is 2.36. The number of hydrogen-bond acceptors (Lipinski definition) is 5. The summed E-state index contributed by atoms with van der Waals surface area (Å²) in [5.74, 6) is 1.28. The zero-order chi connectivity index (χ0) is 20.1. The molecular weight excluding hydrogens is 378 g/mol. The van der Waals surface area contributed by atoms with Gasteiger partial charge in [-0.15, -0.1) is 0 Å². The van der Waals surface area contributed by atoms with Gasteiger partial charge < -0.3 is 19.5 Å². The molecule has 154 valence electrons. The van der Waals surface area contributed by atoms with Crippen LogP contribution in [-0.2, 0) is 22.5 Å². The third-order valence-corrected chi connectivity index (χ3v) is 6.43. The molecule has 0 atom stereocenters. The summed E-state index contributed by atoms with van der Waals surface area (Å²) < 4.78 is 5.52. The molecule has 6 rings (SSSR count). The number of rotatable bonds is 3. The zero-order valence-corrected chi connectivity index (χ0v) is 16.9. The van der Waals surface area contributed by atoms with Crippen LogP contribution in [-0.4, -0.2) is 58.6 Å². The van der Waals surface area contributed by atoms with E-state index in [0.717, 1.165) is 67.3 Å². The van der Waals surface area contributed by atoms with Crippen molar-refractivity contribution in [1.82, 2.24) is 19.9 Å². The molecule has 1 amide bonds. The Morgan fingerprint density at radius 2 is 1.93 bits per heavy atom. The highest BCUT2D eigenvalue weighted by Crippen LogP contribution is 2.36. The molecule has 7 heteroatoms. The molecule has 1 aliphatic carbocycles. The summed E-state index contributed by atoms with van der Waals surface area (Å²) in [7, 11) is 0. The fraction of sp³-hybridized carbons (Fsp3) is 0.435. The number of para-hydroxylation sites is 1. The number of morpholine rings is 1. The minimum atomic E-state index is 0.236. The normalized spacial score (nSPS) is 19.2. The highest BCUT2D eigenvalue weighted by atomic mass is 16.5. The summed E-state index contributed by atoms with van der Waals surface area (Å²) in [6, 6.07) is 8.33. The Hall–Kier alpha value is -2.93. The van der Waals surface area contributed by atoms with Crippen molar-refractivity contribution in [2.24, 2.45) is 5.92 Å². The van der Waals surface area contributed by atoms with Crippen molar-refractivity contribution >= 4 is 22.8 Å². The molecule has 2 aromatic heterocycles. The molecule has 4 heterocycles. The van der Waals surface area contributed by atoms with Crippen molar-refractivity contribution in [3.8, 4) is 11.3 Å². The maximum Gasteiger partial charge on any atom is 0.226 e. The lowest BCUT2D eigenvalue weighted by molar-refractivity contribution is -0.133. The summed E-state index contributed by atoms with van der Waals surface area (Å²) in [4.78, 5) is 30.3. The van der Waals surface area contributed by atoms with Gasteiger partial charge in [-0.3, -0.25) is 4.79 Å². The molecular formula is C23H25N5O2. The quantitative estimate of drug-likeness (QED) is 0.728. The van der Waals surface area contributed by atoms with Crippen LogP contribution in [0.3, 0.4) is 0 Å². The Labute approximate surface area is 175 Å². The molecule has 0 bridgehead atoms. The smallest absolute Gasteiger partial charge is 0.226 e. The Morgan fingerprint density at radius 3 is 2.77 bits per heavy atom. The van der Waals surface area contributed by atoms with E-state index in [1.807, 2.05) is 11.0 Å². The van der Waals surface area contributed by atoms with E-state index >= 15 is 0 Å². The number of hydrogen-bond donors (Lipinski definition) is 1. The molecule has 2 fully saturated rings. The van der Waals surface area contributed by atoms with Gasteiger partial charge in [0.2, 0.25) is 11.9 Å². The fourth-order valence-electron chi connectivity index (χ4n) is 4.59. The first kappa shape index (κ1) is 17.9. The number of carbonyl (C=O) groups excluding carboxylic acids is 1. The largest absolute Gasteiger partial charge is 0.378 e. The van der Waals surface area contributed by atoms with E-state index in [9.17, 15) is 4.79 Å². The van der Waals surface area contributed by atoms with Gasteiger partial charge in [0.1, 0.15) is 0 Å². The first-order chi connectivity index (χ1) is 14.8. The fourth-order valence-corrected chi connectivity index (χ4v) is 4.59. The minimum absolute atomic E-state index is 0.236. The van der Waals surface area contributed by atoms with Crippen molar-refractivity contribution in [1.29, 1.82) is 0 Å². The monoisotopic (exact) mass is 403 g/mol. The van der Waals surface area contributed by atoms with E-state index in [-0.39, 0.29) is 5.92 Å². The molecule has 0 unspecified atom stereocenters. The number of H-pyrrole nitrogens is 1. The van der Waals surface area contributed by atoms with Gasteiger partial charge in [0.15, 0.2) is 0 Å². The second kappa shape index (κ2) is 7.09. The van der Waals surface area contributed by atoms with Crippen molar-refractivity contribution < 1.29 is 9.53 Å². The number of fused-ring (bicyclic) bond motifs is 2. The average Bonchev–Trinajstić information content (AvgIpc) is 3.57. The second-order valence-corrected chi connectivity index (χ2v) is 8.43. The molecule has 1 saturated carbocycles. The van der Waals surface area contributed by atoms with Gasteiger partial charge in [0.05, 0.1) is 31.1 Å². The van der Waals surface area contributed by atoms with E-state index < -0.39 is 0 Å². The molecule has 0 spiro atoms. The van der Waals surface area contributed by atoms with Crippen molar-refractivity contribution in [2.45, 2.75) is 25.8 Å². The van der Waals surface area contributed by atoms with Crippen LogP contribution in [0.25, 0.3) is 22.2 Å². The van der Waals surface area contributed by atoms with Crippen molar-refractivity contribution in [3.63, 3.8) is 0 Å². The Kier molecular flexibility index (Phi) is 4.23. The summed E-state index contributed by atoms with van der Waals surface area (Å²) >= 11 is 0. The number of anilines is 1. The summed E-state index contributed by atoms with van der Waals surface area (Å²) in [5, 5.41) is 1.17. The molecule has 1 N–H and O–H groups in total. The first-order valence-electron chi connectivity index (χ1n) is 10.9. The molecule has 1 aromatic carbocycles. The van der Waals surface area contributed by atoms with Crippen LogP contribution in [0.2, 0.25) is 0 Å². The summed E-state index contributed by atoms with van der Waals surface area (Å²) in [6.07, 6.45) is 4.92. The lowest BCUT2D eigenvalue weighted by Gasteiger charge is -2.32. The van der Waals surface area contributed by atoms with Gasteiger partial charge in [0.25, 0.3) is 0 Å². The van der Waals surface area contributed by atoms with Gasteiger partial charge >= 0.3 is 0 Å². The van der Waals surface area contributed by atoms with E-state index in [1.165, 1.54) is 10.9 Å². The molecule has 30 heavy (non-hydrogen) atoms. The highest BCUT2D eigenvalue weighted by molar-refractivity contribution is 5.95. The number of nitrogens with zero attached hydrogens (tertiary/aromatic N) is 4. The first-order valence-corrected chi connectivity index (χ1v) is 10.9. The van der Waals surface area contributed by atoms with E-state index in [1.54, 1.807) is 0 Å². The second-order valence-electron chi connectivity index (χ2n) is 8.43. The van der Waals surface area contributed by atoms with E-state index in [4.69, 9.17) is 14.7 Å². The van der Waals surface area contributed by atoms with Crippen LogP contribution < -0.4 is 4.90 Å². The molecule has 2 aliphatic heterocycles. The maximum atomic E-state index is 12.7. The predicted octanol–water partition coefficient (Wildman–Crippen LogP) is 2.76. The van der Waals surface area contributed by atoms with Gasteiger partial charge in [-0.25, -0.2) is 9.97 Å². The SMILES string of the molecule is O=C(C1CC1)N1CCc2c(nc(N3CCOCC3)nc2-c2c[nH]c3ccccc23)C1. The van der Waals surface area contributed by atoms with Gasteiger partial charge in [0, 0.05) is 53.8 Å². The average molecular weight is 403 g/mol. The lowest BCUT2D eigenvalue weighted by Crippen LogP contribution is -2.40. The third kappa shape index (κ3) is 3.04. The third-order valence-electron chi connectivity index (χ3n) is 6.43. The standard InChI is InChI=1S/C23H25N5O2/c29-22(15-5-6-15)28-8-7-17-20(14-28)25-23(27-9-11-30-12-10-27)26-21(17)18-13-24-19-4-2-1-3-16(18)19/h1-4,13,15,24H,5-12,14H2. The van der Waals surface area contributed by atoms with Gasteiger partial charge in [-0.1, -0.05) is 18.2 Å². The number of benzene rings is 1. The number of ether oxygens (including phenoxy) is 1. The van der Waals surface area contributed by atoms with Crippen molar-refractivity contribution in [2.75, 3.05) is 37.7 Å². The van der Waals surface area contributed by atoms with Crippen LogP contribution in [0.1, 0.15) is 24.1 Å². The number of carbonyl (C=O) groups is 1. The van der Waals surface area contributed by atoms with Gasteiger partial charge in [-0.05, 0) is 25.3 Å². The summed E-state index contributed by atoms with van der Waals surface area (Å²) in [6.45, 7) is 4.29. The molecule has 7 nitrogen and oxygen atoms in total. The van der Waals surface area contributed by atoms with Gasteiger partial charge in [-0.2, -0.15) is 0 Å². The predicted molar refractivity (Wildman–Crippen MR) is 114 cm³/mol. The molecule has 1 saturated heterocycles. The maximum absolute atomic E-state index is 12.7. The van der Waals surface area contributed by atoms with E-state index in [0.29, 0.717) is 25.7 Å². The van der Waals surface area contributed by atoms with Crippen LogP contribution >= 0.6 is 0 Å². The molecule has 3 aromatic rings. The number of nitrogens with one attached hydrogen (secondary N) is 1. The van der Waals surface area contributed by atoms with Crippen LogP contribution in [0.5, 0.6) is 0 Å². The van der Waals surface area contributed by atoms with Crippen LogP contribution in [0, 0.1) is 5.92 Å². The topological polar surface area (TPSA) is 74.3 Å². The summed E-state index contributed by atoms with van der Waals surface area (Å²) in [5.41, 5.74) is 5.39. The Bertz CT molecular complexity index is 1110. The van der Waals surface area contributed by atoms with Crippen LogP contribution in [0.4, 0.5) is 5.95 Å². The number of aromatic amines is 1. The van der Waals surface area contributed by atoms with Crippen LogP contribution in [0.15, 0.2) is 30.5 Å². The van der Waals surface area contributed by atoms with Crippen molar-refractivity contribution in [3.05, 3.63) is 41.7 Å². The Morgan fingerprint density at radius 1 is 1.10 bits per heavy atom. The molecule has 3 aliphatic rings. The molecule has 0 radical (unpaired) electrons. The number of amides is 1. The lowest BCUT2D eigenvalue weighted by atomic mass is 9.97. The Balaban J connectivity index is 1.46.